The molecule has 29 heavy (non-hydrogen) atoms. The second kappa shape index (κ2) is 8.89. The largest absolute Gasteiger partial charge is 0.461 e. The summed E-state index contributed by atoms with van der Waals surface area (Å²) in [5.74, 6) is 1.07. The third kappa shape index (κ3) is 5.02. The van der Waals surface area contributed by atoms with Gasteiger partial charge in [0.15, 0.2) is 0 Å². The van der Waals surface area contributed by atoms with Gasteiger partial charge >= 0.3 is 11.9 Å². The van der Waals surface area contributed by atoms with Gasteiger partial charge < -0.3 is 9.47 Å². The standard InChI is InChI=1S/C25H36O4/c1-6-25(4,5)24(27)29-21-15-16(2)14-18-11-10-17(3)20(23(18)21)13-12-19-8-7-9-22(26)28-19/h7,9-11,14,16-17,19-21,23H,6,8,12-13,15H2,1-5H3/t16-,17-,19-,20-,21-,23-/m0/s1. The zero-order valence-electron chi connectivity index (χ0n) is 18.5. The molecule has 0 saturated carbocycles. The van der Waals surface area contributed by atoms with Gasteiger partial charge in [-0.1, -0.05) is 45.1 Å². The molecule has 3 aliphatic rings. The first kappa shape index (κ1) is 21.9. The third-order valence-electron chi connectivity index (χ3n) is 7.05. The van der Waals surface area contributed by atoms with Crippen LogP contribution in [0.5, 0.6) is 0 Å². The summed E-state index contributed by atoms with van der Waals surface area (Å²) in [5, 5.41) is 0. The topological polar surface area (TPSA) is 52.6 Å². The summed E-state index contributed by atoms with van der Waals surface area (Å²) in [6.45, 7) is 10.4. The summed E-state index contributed by atoms with van der Waals surface area (Å²) in [4.78, 5) is 24.4. The Bertz CT molecular complexity index is 714. The molecule has 0 aromatic carbocycles. The molecule has 0 amide bonds. The van der Waals surface area contributed by atoms with Crippen molar-refractivity contribution in [2.45, 2.75) is 78.9 Å². The first-order chi connectivity index (χ1) is 13.7. The van der Waals surface area contributed by atoms with Crippen molar-refractivity contribution < 1.29 is 19.1 Å². The zero-order valence-corrected chi connectivity index (χ0v) is 18.5. The lowest BCUT2D eigenvalue weighted by atomic mass is 9.65. The molecule has 4 nitrogen and oxygen atoms in total. The van der Waals surface area contributed by atoms with E-state index >= 15 is 0 Å². The molecule has 0 unspecified atom stereocenters. The molecule has 0 saturated heterocycles. The lowest BCUT2D eigenvalue weighted by molar-refractivity contribution is -0.165. The molecule has 0 N–H and O–H groups in total. The van der Waals surface area contributed by atoms with Crippen LogP contribution in [0.25, 0.3) is 0 Å². The minimum atomic E-state index is -0.460. The van der Waals surface area contributed by atoms with Gasteiger partial charge in [-0.3, -0.25) is 4.79 Å². The molecule has 0 bridgehead atoms. The van der Waals surface area contributed by atoms with Gasteiger partial charge in [0, 0.05) is 18.4 Å². The number of cyclic esters (lactones) is 1. The first-order valence-corrected chi connectivity index (χ1v) is 11.2. The van der Waals surface area contributed by atoms with E-state index in [0.717, 1.165) is 32.1 Å². The molecule has 0 aromatic rings. The fraction of sp³-hybridized carbons (Fsp3) is 0.680. The number of rotatable bonds is 6. The van der Waals surface area contributed by atoms with Crippen molar-refractivity contribution in [1.29, 1.82) is 0 Å². The number of esters is 2. The Morgan fingerprint density at radius 1 is 1.24 bits per heavy atom. The Morgan fingerprint density at radius 2 is 2.00 bits per heavy atom. The van der Waals surface area contributed by atoms with Crippen LogP contribution in [-0.2, 0) is 19.1 Å². The van der Waals surface area contributed by atoms with E-state index < -0.39 is 5.41 Å². The minimum absolute atomic E-state index is 0.0411. The maximum atomic E-state index is 12.8. The van der Waals surface area contributed by atoms with Gasteiger partial charge in [0.2, 0.25) is 0 Å². The van der Waals surface area contributed by atoms with E-state index in [-0.39, 0.29) is 30.1 Å². The summed E-state index contributed by atoms with van der Waals surface area (Å²) in [7, 11) is 0. The molecule has 6 atom stereocenters. The van der Waals surface area contributed by atoms with Crippen LogP contribution in [0.2, 0.25) is 0 Å². The first-order valence-electron chi connectivity index (χ1n) is 11.2. The van der Waals surface area contributed by atoms with Crippen molar-refractivity contribution in [3.63, 3.8) is 0 Å². The van der Waals surface area contributed by atoms with Crippen LogP contribution in [0.15, 0.2) is 36.0 Å². The highest BCUT2D eigenvalue weighted by molar-refractivity contribution is 5.82. The number of carbonyl (C=O) groups excluding carboxylic acids is 2. The molecule has 0 aromatic heterocycles. The monoisotopic (exact) mass is 400 g/mol. The van der Waals surface area contributed by atoms with Gasteiger partial charge in [0.05, 0.1) is 5.41 Å². The number of fused-ring (bicyclic) bond motifs is 1. The number of carbonyl (C=O) groups is 2. The predicted molar refractivity (Wildman–Crippen MR) is 114 cm³/mol. The van der Waals surface area contributed by atoms with E-state index in [4.69, 9.17) is 9.47 Å². The minimum Gasteiger partial charge on any atom is -0.461 e. The molecule has 0 fully saturated rings. The van der Waals surface area contributed by atoms with Gasteiger partial charge in [0.25, 0.3) is 0 Å². The third-order valence-corrected chi connectivity index (χ3v) is 7.05. The molecule has 1 heterocycles. The lowest BCUT2D eigenvalue weighted by Gasteiger charge is -2.44. The quantitative estimate of drug-likeness (QED) is 0.561. The van der Waals surface area contributed by atoms with E-state index in [1.165, 1.54) is 11.6 Å². The van der Waals surface area contributed by atoms with Crippen LogP contribution in [0.4, 0.5) is 0 Å². The van der Waals surface area contributed by atoms with Crippen LogP contribution >= 0.6 is 0 Å². The van der Waals surface area contributed by atoms with Gasteiger partial charge in [-0.25, -0.2) is 4.79 Å². The number of hydrogen-bond acceptors (Lipinski definition) is 4. The number of ether oxygens (including phenoxy) is 2. The molecule has 160 valence electrons. The molecule has 3 rings (SSSR count). The lowest BCUT2D eigenvalue weighted by Crippen LogP contribution is -2.43. The van der Waals surface area contributed by atoms with Gasteiger partial charge in [-0.15, -0.1) is 0 Å². The van der Waals surface area contributed by atoms with E-state index in [9.17, 15) is 9.59 Å². The van der Waals surface area contributed by atoms with Crippen molar-refractivity contribution in [2.75, 3.05) is 0 Å². The van der Waals surface area contributed by atoms with E-state index in [0.29, 0.717) is 17.8 Å². The van der Waals surface area contributed by atoms with Gasteiger partial charge in [-0.05, 0) is 62.9 Å². The molecule has 2 aliphatic carbocycles. The molecule has 4 heteroatoms. The van der Waals surface area contributed by atoms with E-state index in [1.54, 1.807) is 0 Å². The Kier molecular flexibility index (Phi) is 6.70. The van der Waals surface area contributed by atoms with Crippen LogP contribution in [-0.4, -0.2) is 24.1 Å². The summed E-state index contributed by atoms with van der Waals surface area (Å²) < 4.78 is 11.6. The molecule has 0 radical (unpaired) electrons. The summed E-state index contributed by atoms with van der Waals surface area (Å²) in [6.07, 6.45) is 14.4. The van der Waals surface area contributed by atoms with Crippen molar-refractivity contribution in [1.82, 2.24) is 0 Å². The second-order valence-electron chi connectivity index (χ2n) is 9.74. The number of hydrogen-bond donors (Lipinski definition) is 0. The van der Waals surface area contributed by atoms with Crippen molar-refractivity contribution in [2.24, 2.45) is 29.1 Å². The molecule has 1 aliphatic heterocycles. The van der Waals surface area contributed by atoms with E-state index in [1.807, 2.05) is 26.8 Å². The highest BCUT2D eigenvalue weighted by Crippen LogP contribution is 2.45. The smallest absolute Gasteiger partial charge is 0.330 e. The summed E-state index contributed by atoms with van der Waals surface area (Å²) >= 11 is 0. The summed E-state index contributed by atoms with van der Waals surface area (Å²) in [6, 6.07) is 0. The Labute approximate surface area is 175 Å². The Balaban J connectivity index is 1.77. The van der Waals surface area contributed by atoms with Crippen LogP contribution < -0.4 is 0 Å². The van der Waals surface area contributed by atoms with Gasteiger partial charge in [-0.2, -0.15) is 0 Å². The van der Waals surface area contributed by atoms with Crippen molar-refractivity contribution in [3.05, 3.63) is 36.0 Å². The molecular formula is C25H36O4. The maximum Gasteiger partial charge on any atom is 0.330 e. The SMILES string of the molecule is CCC(C)(C)C(=O)O[C@H]1C[C@@H](C)C=C2C=C[C@H](C)[C@H](CC[C@@H]3CC=CC(=O)O3)[C@H]21. The Morgan fingerprint density at radius 3 is 2.69 bits per heavy atom. The van der Waals surface area contributed by atoms with Crippen molar-refractivity contribution in [3.8, 4) is 0 Å². The fourth-order valence-electron chi connectivity index (χ4n) is 4.79. The molecular weight excluding hydrogens is 364 g/mol. The normalized spacial score (nSPS) is 34.2. The summed E-state index contributed by atoms with van der Waals surface area (Å²) in [5.41, 5.74) is 0.846. The molecule has 0 spiro atoms. The number of allylic oxidation sites excluding steroid dienone is 3. The second-order valence-corrected chi connectivity index (χ2v) is 9.74. The van der Waals surface area contributed by atoms with Gasteiger partial charge in [0.1, 0.15) is 12.2 Å². The maximum absolute atomic E-state index is 12.8. The highest BCUT2D eigenvalue weighted by Gasteiger charge is 2.43. The van der Waals surface area contributed by atoms with Crippen LogP contribution in [0.1, 0.15) is 66.7 Å². The Hall–Kier alpha value is -1.84. The van der Waals surface area contributed by atoms with E-state index in [2.05, 4.69) is 32.1 Å². The average Bonchev–Trinajstić information content (AvgIpc) is 2.67. The predicted octanol–water partition coefficient (Wildman–Crippen LogP) is 5.39. The fourth-order valence-corrected chi connectivity index (χ4v) is 4.79. The average molecular weight is 401 g/mol. The van der Waals surface area contributed by atoms with Crippen molar-refractivity contribution >= 4 is 11.9 Å². The zero-order chi connectivity index (χ0) is 21.2. The van der Waals surface area contributed by atoms with Crippen LogP contribution in [0, 0.1) is 29.1 Å². The van der Waals surface area contributed by atoms with Crippen LogP contribution in [0.3, 0.4) is 0 Å². The highest BCUT2D eigenvalue weighted by atomic mass is 16.5.